The van der Waals surface area contributed by atoms with E-state index in [0.29, 0.717) is 5.57 Å². The number of nitrogens with two attached hydrogens (primary N) is 1. The zero-order valence-electron chi connectivity index (χ0n) is 12.5. The Morgan fingerprint density at radius 3 is 2.11 bits per heavy atom. The van der Waals surface area contributed by atoms with E-state index >= 15 is 0 Å². The Labute approximate surface area is 115 Å². The molecule has 0 bridgehead atoms. The number of nitrogens with zero attached hydrogens (tertiary/aromatic N) is 1. The first kappa shape index (κ1) is 17.2. The van der Waals surface area contributed by atoms with Gasteiger partial charge in [0, 0.05) is 25.7 Å². The number of allylic oxidation sites excluding steroid dienone is 3. The van der Waals surface area contributed by atoms with Crippen molar-refractivity contribution < 1.29 is 9.59 Å². The average molecular weight is 264 g/mol. The summed E-state index contributed by atoms with van der Waals surface area (Å²) in [4.78, 5) is 24.3. The van der Waals surface area contributed by atoms with Crippen LogP contribution in [0.4, 0.5) is 0 Å². The first-order chi connectivity index (χ1) is 8.75. The van der Waals surface area contributed by atoms with Gasteiger partial charge in [0.15, 0.2) is 0 Å². The standard InChI is InChI=1S/C15H24N2O2/c1-11(2)7-6-8-12(3)13(9-10-14(16)18)15(19)17(4)5/h7,9-10H,6,8H2,1-5H3,(H2,16,18)/b10-9?,13-12+. The summed E-state index contributed by atoms with van der Waals surface area (Å²) in [5.74, 6) is -0.673. The molecular weight excluding hydrogens is 240 g/mol. The number of rotatable bonds is 6. The van der Waals surface area contributed by atoms with Crippen LogP contribution in [0.3, 0.4) is 0 Å². The molecule has 0 aromatic carbocycles. The zero-order valence-corrected chi connectivity index (χ0v) is 12.5. The van der Waals surface area contributed by atoms with Crippen LogP contribution in [0.15, 0.2) is 34.9 Å². The second-order valence-corrected chi connectivity index (χ2v) is 4.95. The first-order valence-corrected chi connectivity index (χ1v) is 6.28. The molecule has 2 N–H and O–H groups in total. The van der Waals surface area contributed by atoms with Gasteiger partial charge in [0.1, 0.15) is 0 Å². The minimum Gasteiger partial charge on any atom is -0.366 e. The van der Waals surface area contributed by atoms with E-state index in [1.54, 1.807) is 14.1 Å². The number of carbonyl (C=O) groups excluding carboxylic acids is 2. The van der Waals surface area contributed by atoms with Crippen LogP contribution < -0.4 is 5.73 Å². The van der Waals surface area contributed by atoms with Crippen molar-refractivity contribution in [3.05, 3.63) is 34.9 Å². The largest absolute Gasteiger partial charge is 0.366 e. The van der Waals surface area contributed by atoms with Gasteiger partial charge in [0.05, 0.1) is 0 Å². The van der Waals surface area contributed by atoms with E-state index in [0.717, 1.165) is 18.4 Å². The minimum atomic E-state index is -0.554. The van der Waals surface area contributed by atoms with E-state index < -0.39 is 5.91 Å². The molecule has 0 aliphatic rings. The molecule has 0 saturated heterocycles. The van der Waals surface area contributed by atoms with E-state index in [2.05, 4.69) is 6.08 Å². The van der Waals surface area contributed by atoms with Gasteiger partial charge in [-0.25, -0.2) is 0 Å². The first-order valence-electron chi connectivity index (χ1n) is 6.28. The van der Waals surface area contributed by atoms with Crippen LogP contribution in [0.25, 0.3) is 0 Å². The van der Waals surface area contributed by atoms with Gasteiger partial charge in [-0.15, -0.1) is 0 Å². The Hall–Kier alpha value is -1.84. The lowest BCUT2D eigenvalue weighted by Crippen LogP contribution is -2.24. The summed E-state index contributed by atoms with van der Waals surface area (Å²) in [5.41, 5.74) is 7.81. The van der Waals surface area contributed by atoms with Crippen molar-refractivity contribution in [1.82, 2.24) is 4.90 Å². The molecule has 0 aliphatic heterocycles. The van der Waals surface area contributed by atoms with Crippen molar-refractivity contribution >= 4 is 11.8 Å². The van der Waals surface area contributed by atoms with Crippen molar-refractivity contribution in [2.45, 2.75) is 33.6 Å². The van der Waals surface area contributed by atoms with Gasteiger partial charge in [-0.3, -0.25) is 9.59 Å². The third-order valence-electron chi connectivity index (χ3n) is 2.58. The summed E-state index contributed by atoms with van der Waals surface area (Å²) in [6.07, 6.45) is 6.51. The van der Waals surface area contributed by atoms with Crippen molar-refractivity contribution in [2.75, 3.05) is 14.1 Å². The lowest BCUT2D eigenvalue weighted by molar-refractivity contribution is -0.124. The molecule has 0 fully saturated rings. The number of primary amides is 1. The molecule has 0 saturated carbocycles. The molecule has 0 rings (SSSR count). The molecule has 0 spiro atoms. The predicted molar refractivity (Wildman–Crippen MR) is 78.4 cm³/mol. The highest BCUT2D eigenvalue weighted by Crippen LogP contribution is 2.15. The molecule has 0 radical (unpaired) electrons. The van der Waals surface area contributed by atoms with Crippen LogP contribution in [0.1, 0.15) is 33.6 Å². The number of hydrogen-bond donors (Lipinski definition) is 1. The quantitative estimate of drug-likeness (QED) is 0.454. The Bertz CT molecular complexity index is 425. The van der Waals surface area contributed by atoms with E-state index in [9.17, 15) is 9.59 Å². The average Bonchev–Trinajstić information content (AvgIpc) is 2.27. The summed E-state index contributed by atoms with van der Waals surface area (Å²) in [7, 11) is 3.37. The fourth-order valence-electron chi connectivity index (χ4n) is 1.51. The normalized spacial score (nSPS) is 12.1. The van der Waals surface area contributed by atoms with Gasteiger partial charge in [-0.1, -0.05) is 17.2 Å². The van der Waals surface area contributed by atoms with E-state index in [1.165, 1.54) is 22.6 Å². The van der Waals surface area contributed by atoms with Crippen LogP contribution in [0, 0.1) is 0 Å². The van der Waals surface area contributed by atoms with Crippen LogP contribution >= 0.6 is 0 Å². The molecule has 106 valence electrons. The van der Waals surface area contributed by atoms with Gasteiger partial charge in [-0.2, -0.15) is 0 Å². The molecule has 19 heavy (non-hydrogen) atoms. The zero-order chi connectivity index (χ0) is 15.0. The van der Waals surface area contributed by atoms with Crippen LogP contribution in [-0.2, 0) is 9.59 Å². The minimum absolute atomic E-state index is 0.118. The highest BCUT2D eigenvalue weighted by molar-refractivity contribution is 5.98. The molecular formula is C15H24N2O2. The number of carbonyl (C=O) groups is 2. The SMILES string of the molecule is CC(C)=CCC/C(C)=C(\C=CC(N)=O)C(=O)N(C)C. The van der Waals surface area contributed by atoms with E-state index in [1.807, 2.05) is 20.8 Å². The summed E-state index contributed by atoms with van der Waals surface area (Å²) in [5, 5.41) is 0. The maximum atomic E-state index is 12.0. The fourth-order valence-corrected chi connectivity index (χ4v) is 1.51. The lowest BCUT2D eigenvalue weighted by Gasteiger charge is -2.13. The Morgan fingerprint density at radius 2 is 1.68 bits per heavy atom. The van der Waals surface area contributed by atoms with Gasteiger partial charge in [0.25, 0.3) is 5.91 Å². The topological polar surface area (TPSA) is 63.4 Å². The molecule has 4 heteroatoms. The highest BCUT2D eigenvalue weighted by Gasteiger charge is 2.12. The van der Waals surface area contributed by atoms with Crippen LogP contribution in [0.5, 0.6) is 0 Å². The van der Waals surface area contributed by atoms with Crippen molar-refractivity contribution in [3.63, 3.8) is 0 Å². The van der Waals surface area contributed by atoms with Gasteiger partial charge < -0.3 is 10.6 Å². The molecule has 0 atom stereocenters. The van der Waals surface area contributed by atoms with E-state index in [-0.39, 0.29) is 5.91 Å². The number of amides is 2. The Kier molecular flexibility index (Phi) is 7.49. The fraction of sp³-hybridized carbons (Fsp3) is 0.467. The predicted octanol–water partition coefficient (Wildman–Crippen LogP) is 2.18. The van der Waals surface area contributed by atoms with Gasteiger partial charge >= 0.3 is 0 Å². The second kappa shape index (κ2) is 8.29. The lowest BCUT2D eigenvalue weighted by atomic mass is 10.0. The molecule has 2 amide bonds. The maximum Gasteiger partial charge on any atom is 0.253 e. The molecule has 0 aromatic rings. The third kappa shape index (κ3) is 7.24. The number of likely N-dealkylation sites (N-methyl/N-ethyl adjacent to an activating group) is 1. The summed E-state index contributed by atoms with van der Waals surface area (Å²) in [6, 6.07) is 0. The number of hydrogen-bond acceptors (Lipinski definition) is 2. The summed E-state index contributed by atoms with van der Waals surface area (Å²) >= 11 is 0. The maximum absolute atomic E-state index is 12.0. The second-order valence-electron chi connectivity index (χ2n) is 4.95. The monoisotopic (exact) mass is 264 g/mol. The van der Waals surface area contributed by atoms with Gasteiger partial charge in [0.2, 0.25) is 5.91 Å². The molecule has 4 nitrogen and oxygen atoms in total. The van der Waals surface area contributed by atoms with Crippen molar-refractivity contribution in [2.24, 2.45) is 5.73 Å². The summed E-state index contributed by atoms with van der Waals surface area (Å²) in [6.45, 7) is 5.98. The Morgan fingerprint density at radius 1 is 1.11 bits per heavy atom. The highest BCUT2D eigenvalue weighted by atomic mass is 16.2. The van der Waals surface area contributed by atoms with Crippen molar-refractivity contribution in [1.29, 1.82) is 0 Å². The summed E-state index contributed by atoms with van der Waals surface area (Å²) < 4.78 is 0. The molecule has 0 aromatic heterocycles. The van der Waals surface area contributed by atoms with E-state index in [4.69, 9.17) is 5.73 Å². The molecule has 0 heterocycles. The van der Waals surface area contributed by atoms with Crippen LogP contribution in [0.2, 0.25) is 0 Å². The van der Waals surface area contributed by atoms with Crippen LogP contribution in [-0.4, -0.2) is 30.8 Å². The third-order valence-corrected chi connectivity index (χ3v) is 2.58. The Balaban J connectivity index is 5.13. The van der Waals surface area contributed by atoms with Gasteiger partial charge in [-0.05, 0) is 39.7 Å². The smallest absolute Gasteiger partial charge is 0.253 e. The molecule has 0 aliphatic carbocycles. The molecule has 0 unspecified atom stereocenters. The van der Waals surface area contributed by atoms with Crippen molar-refractivity contribution in [3.8, 4) is 0 Å².